The van der Waals surface area contributed by atoms with Gasteiger partial charge in [0.2, 0.25) is 0 Å². The largest absolute Gasteiger partial charge is 0.366 e. The molecular weight excluding hydrogens is 328 g/mol. The summed E-state index contributed by atoms with van der Waals surface area (Å²) < 4.78 is 2.01. The monoisotopic (exact) mass is 336 g/mol. The SMILES string of the molecule is Brc1cnc(NC2CCSC2)c(Br)c1. The maximum Gasteiger partial charge on any atom is 0.140 e. The zero-order valence-corrected chi connectivity index (χ0v) is 11.5. The topological polar surface area (TPSA) is 24.9 Å². The lowest BCUT2D eigenvalue weighted by Gasteiger charge is -2.13. The highest BCUT2D eigenvalue weighted by Crippen LogP contribution is 2.27. The molecule has 76 valence electrons. The quantitative estimate of drug-likeness (QED) is 0.893. The Labute approximate surface area is 105 Å². The molecule has 14 heavy (non-hydrogen) atoms. The first-order valence-electron chi connectivity index (χ1n) is 4.41. The molecule has 1 atom stereocenters. The maximum atomic E-state index is 4.33. The van der Waals surface area contributed by atoms with E-state index in [1.807, 2.05) is 24.0 Å². The van der Waals surface area contributed by atoms with Gasteiger partial charge in [0.15, 0.2) is 0 Å². The Bertz CT molecular complexity index is 327. The molecule has 1 unspecified atom stereocenters. The van der Waals surface area contributed by atoms with Gasteiger partial charge in [0.1, 0.15) is 5.82 Å². The van der Waals surface area contributed by atoms with Crippen molar-refractivity contribution in [3.8, 4) is 0 Å². The number of nitrogens with zero attached hydrogens (tertiary/aromatic N) is 1. The van der Waals surface area contributed by atoms with Crippen molar-refractivity contribution >= 4 is 49.4 Å². The molecule has 1 aliphatic rings. The van der Waals surface area contributed by atoms with E-state index in [4.69, 9.17) is 0 Å². The molecule has 0 amide bonds. The average molecular weight is 338 g/mol. The molecule has 0 aliphatic carbocycles. The summed E-state index contributed by atoms with van der Waals surface area (Å²) in [4.78, 5) is 4.33. The zero-order chi connectivity index (χ0) is 9.97. The van der Waals surface area contributed by atoms with E-state index >= 15 is 0 Å². The number of rotatable bonds is 2. The maximum absolute atomic E-state index is 4.33. The van der Waals surface area contributed by atoms with E-state index in [1.54, 1.807) is 0 Å². The Morgan fingerprint density at radius 1 is 1.50 bits per heavy atom. The lowest BCUT2D eigenvalue weighted by Crippen LogP contribution is -2.19. The number of hydrogen-bond acceptors (Lipinski definition) is 3. The first kappa shape index (κ1) is 10.8. The van der Waals surface area contributed by atoms with Crippen molar-refractivity contribution in [1.29, 1.82) is 0 Å². The molecule has 1 N–H and O–H groups in total. The van der Waals surface area contributed by atoms with Gasteiger partial charge in [-0.2, -0.15) is 11.8 Å². The Kier molecular flexibility index (Phi) is 3.73. The summed E-state index contributed by atoms with van der Waals surface area (Å²) in [6, 6.07) is 2.59. The van der Waals surface area contributed by atoms with Gasteiger partial charge in [0.25, 0.3) is 0 Å². The lowest BCUT2D eigenvalue weighted by molar-refractivity contribution is 0.805. The fraction of sp³-hybridized carbons (Fsp3) is 0.444. The molecule has 0 saturated carbocycles. The molecule has 0 spiro atoms. The summed E-state index contributed by atoms with van der Waals surface area (Å²) in [7, 11) is 0. The van der Waals surface area contributed by atoms with Crippen LogP contribution in [0.1, 0.15) is 6.42 Å². The minimum Gasteiger partial charge on any atom is -0.366 e. The van der Waals surface area contributed by atoms with Crippen LogP contribution in [0.3, 0.4) is 0 Å². The van der Waals surface area contributed by atoms with Gasteiger partial charge in [-0.3, -0.25) is 0 Å². The third-order valence-electron chi connectivity index (χ3n) is 2.08. The van der Waals surface area contributed by atoms with Gasteiger partial charge in [0, 0.05) is 22.5 Å². The van der Waals surface area contributed by atoms with Crippen LogP contribution >= 0.6 is 43.6 Å². The summed E-state index contributed by atoms with van der Waals surface area (Å²) in [5.41, 5.74) is 0. The molecule has 2 rings (SSSR count). The van der Waals surface area contributed by atoms with Crippen LogP contribution in [0.5, 0.6) is 0 Å². The van der Waals surface area contributed by atoms with E-state index in [2.05, 4.69) is 42.2 Å². The Balaban J connectivity index is 2.08. The van der Waals surface area contributed by atoms with E-state index in [0.29, 0.717) is 6.04 Å². The van der Waals surface area contributed by atoms with Crippen LogP contribution in [-0.4, -0.2) is 22.5 Å². The molecule has 0 aromatic carbocycles. The first-order valence-corrected chi connectivity index (χ1v) is 7.15. The Morgan fingerprint density at radius 2 is 2.36 bits per heavy atom. The lowest BCUT2D eigenvalue weighted by atomic mass is 10.2. The molecule has 2 heterocycles. The van der Waals surface area contributed by atoms with E-state index in [9.17, 15) is 0 Å². The molecule has 0 radical (unpaired) electrons. The fourth-order valence-corrected chi connectivity index (χ4v) is 3.62. The fourth-order valence-electron chi connectivity index (χ4n) is 1.36. The predicted molar refractivity (Wildman–Crippen MR) is 69.0 cm³/mol. The summed E-state index contributed by atoms with van der Waals surface area (Å²) >= 11 is 8.87. The van der Waals surface area contributed by atoms with E-state index < -0.39 is 0 Å². The highest BCUT2D eigenvalue weighted by atomic mass is 79.9. The standard InChI is InChI=1S/C9H10Br2N2S/c10-6-3-8(11)9(12-4-6)13-7-1-2-14-5-7/h3-4,7H,1-2,5H2,(H,12,13). The average Bonchev–Trinajstić information content (AvgIpc) is 2.62. The van der Waals surface area contributed by atoms with Crippen molar-refractivity contribution in [1.82, 2.24) is 4.98 Å². The van der Waals surface area contributed by atoms with Gasteiger partial charge in [-0.15, -0.1) is 0 Å². The molecule has 2 nitrogen and oxygen atoms in total. The third-order valence-corrected chi connectivity index (χ3v) is 4.28. The van der Waals surface area contributed by atoms with Crippen LogP contribution in [0.25, 0.3) is 0 Å². The van der Waals surface area contributed by atoms with Gasteiger partial charge in [0.05, 0.1) is 4.47 Å². The van der Waals surface area contributed by atoms with Crippen molar-refractivity contribution < 1.29 is 0 Å². The van der Waals surface area contributed by atoms with Crippen LogP contribution < -0.4 is 5.32 Å². The summed E-state index contributed by atoms with van der Waals surface area (Å²) in [5, 5.41) is 3.44. The van der Waals surface area contributed by atoms with Gasteiger partial charge < -0.3 is 5.32 Å². The number of anilines is 1. The Morgan fingerprint density at radius 3 is 3.00 bits per heavy atom. The molecule has 1 saturated heterocycles. The first-order chi connectivity index (χ1) is 6.75. The summed E-state index contributed by atoms with van der Waals surface area (Å²) in [5.74, 6) is 3.39. The van der Waals surface area contributed by atoms with Crippen LogP contribution in [0.4, 0.5) is 5.82 Å². The van der Waals surface area contributed by atoms with Crippen molar-refractivity contribution in [2.24, 2.45) is 0 Å². The molecule has 1 fully saturated rings. The van der Waals surface area contributed by atoms with Gasteiger partial charge in [-0.05, 0) is 50.1 Å². The number of nitrogens with one attached hydrogen (secondary N) is 1. The highest BCUT2D eigenvalue weighted by Gasteiger charge is 2.16. The van der Waals surface area contributed by atoms with E-state index in [0.717, 1.165) is 14.8 Å². The second-order valence-corrected chi connectivity index (χ2v) is 6.11. The van der Waals surface area contributed by atoms with Crippen molar-refractivity contribution in [2.75, 3.05) is 16.8 Å². The van der Waals surface area contributed by atoms with Crippen LogP contribution in [0.15, 0.2) is 21.2 Å². The van der Waals surface area contributed by atoms with E-state index in [-0.39, 0.29) is 0 Å². The molecular formula is C9H10Br2N2S. The predicted octanol–water partition coefficient (Wildman–Crippen LogP) is 3.52. The van der Waals surface area contributed by atoms with Gasteiger partial charge >= 0.3 is 0 Å². The van der Waals surface area contributed by atoms with E-state index in [1.165, 1.54) is 17.9 Å². The van der Waals surface area contributed by atoms with Gasteiger partial charge in [-0.25, -0.2) is 4.98 Å². The zero-order valence-electron chi connectivity index (χ0n) is 7.46. The van der Waals surface area contributed by atoms with Crippen molar-refractivity contribution in [2.45, 2.75) is 12.5 Å². The van der Waals surface area contributed by atoms with Gasteiger partial charge in [-0.1, -0.05) is 0 Å². The minimum atomic E-state index is 0.574. The normalized spacial score (nSPS) is 21.1. The van der Waals surface area contributed by atoms with Crippen LogP contribution in [0, 0.1) is 0 Å². The molecule has 0 bridgehead atoms. The molecule has 1 aromatic rings. The second-order valence-electron chi connectivity index (χ2n) is 3.19. The number of pyridine rings is 1. The van der Waals surface area contributed by atoms with Crippen molar-refractivity contribution in [3.05, 3.63) is 21.2 Å². The molecule has 1 aliphatic heterocycles. The number of aromatic nitrogens is 1. The third kappa shape index (κ3) is 2.64. The smallest absolute Gasteiger partial charge is 0.140 e. The number of thioether (sulfide) groups is 1. The van der Waals surface area contributed by atoms with Crippen LogP contribution in [0.2, 0.25) is 0 Å². The Hall–Kier alpha value is 0.260. The number of halogens is 2. The van der Waals surface area contributed by atoms with Crippen molar-refractivity contribution in [3.63, 3.8) is 0 Å². The number of hydrogen-bond donors (Lipinski definition) is 1. The summed E-state index contributed by atoms with van der Waals surface area (Å²) in [6.07, 6.45) is 3.05. The molecule has 1 aromatic heterocycles. The molecule has 5 heteroatoms. The minimum absolute atomic E-state index is 0.574. The highest BCUT2D eigenvalue weighted by molar-refractivity contribution is 9.11. The van der Waals surface area contributed by atoms with Crippen LogP contribution in [-0.2, 0) is 0 Å². The second kappa shape index (κ2) is 4.86. The summed E-state index contributed by atoms with van der Waals surface area (Å²) in [6.45, 7) is 0.